The summed E-state index contributed by atoms with van der Waals surface area (Å²) in [4.78, 5) is 37.4. The van der Waals surface area contributed by atoms with Crippen molar-refractivity contribution in [1.29, 1.82) is 0 Å². The van der Waals surface area contributed by atoms with Gasteiger partial charge in [-0.3, -0.25) is 4.79 Å². The van der Waals surface area contributed by atoms with Crippen LogP contribution in [0, 0.1) is 23.2 Å². The molecule has 26 heavy (non-hydrogen) atoms. The summed E-state index contributed by atoms with van der Waals surface area (Å²) < 4.78 is 11.1. The molecule has 3 rings (SSSR count). The zero-order valence-corrected chi connectivity index (χ0v) is 15.4. The maximum Gasteiger partial charge on any atom is 0.334 e. The minimum absolute atomic E-state index is 0.124. The summed E-state index contributed by atoms with van der Waals surface area (Å²) in [6.07, 6.45) is 2.00. The molecule has 1 heterocycles. The second-order valence-electron chi connectivity index (χ2n) is 7.60. The molecule has 0 bridgehead atoms. The normalized spacial score (nSPS) is 42.2. The van der Waals surface area contributed by atoms with Crippen molar-refractivity contribution in [2.45, 2.75) is 46.0 Å². The van der Waals surface area contributed by atoms with E-state index in [1.165, 1.54) is 6.08 Å². The fraction of sp³-hybridized carbons (Fsp3) is 0.550. The predicted octanol–water partition coefficient (Wildman–Crippen LogP) is 1.73. The van der Waals surface area contributed by atoms with E-state index in [-0.39, 0.29) is 23.2 Å². The molecule has 0 aromatic rings. The van der Waals surface area contributed by atoms with Crippen molar-refractivity contribution < 1.29 is 29.0 Å². The summed E-state index contributed by atoms with van der Waals surface area (Å²) in [5.74, 6) is -2.86. The average Bonchev–Trinajstić information content (AvgIpc) is 3.06. The lowest BCUT2D eigenvalue weighted by atomic mass is 9.67. The number of carbonyl (C=O) groups is 3. The minimum Gasteiger partial charge on any atom is -0.457 e. The first-order valence-electron chi connectivity index (χ1n) is 8.79. The van der Waals surface area contributed by atoms with E-state index in [9.17, 15) is 19.5 Å². The molecule has 0 spiro atoms. The highest BCUT2D eigenvalue weighted by Crippen LogP contribution is 2.54. The number of esters is 2. The van der Waals surface area contributed by atoms with Crippen molar-refractivity contribution in [3.8, 4) is 0 Å². The van der Waals surface area contributed by atoms with Gasteiger partial charge in [0.25, 0.3) is 0 Å². The number of hydrogen-bond acceptors (Lipinski definition) is 6. The number of allylic oxidation sites excluding steroid dienone is 3. The quantitative estimate of drug-likeness (QED) is 0.596. The molecule has 0 aromatic heterocycles. The molecular formula is C20H24O6. The average molecular weight is 360 g/mol. The van der Waals surface area contributed by atoms with Crippen molar-refractivity contribution in [1.82, 2.24) is 0 Å². The van der Waals surface area contributed by atoms with Gasteiger partial charge in [0.15, 0.2) is 5.78 Å². The van der Waals surface area contributed by atoms with Crippen molar-refractivity contribution >= 4 is 17.7 Å². The van der Waals surface area contributed by atoms with Crippen LogP contribution in [-0.4, -0.2) is 41.1 Å². The van der Waals surface area contributed by atoms with E-state index in [1.807, 2.05) is 6.92 Å². The van der Waals surface area contributed by atoms with E-state index in [1.54, 1.807) is 32.9 Å². The first-order chi connectivity index (χ1) is 12.1. The van der Waals surface area contributed by atoms with Crippen LogP contribution in [0.15, 0.2) is 36.0 Å². The van der Waals surface area contributed by atoms with Gasteiger partial charge in [0, 0.05) is 11.1 Å². The van der Waals surface area contributed by atoms with Crippen LogP contribution in [0.1, 0.15) is 27.7 Å². The number of hydrogen-bond donors (Lipinski definition) is 1. The fourth-order valence-corrected chi connectivity index (χ4v) is 4.44. The van der Waals surface area contributed by atoms with E-state index in [0.29, 0.717) is 5.57 Å². The molecule has 0 amide bonds. The monoisotopic (exact) mass is 360 g/mol. The predicted molar refractivity (Wildman–Crippen MR) is 92.7 cm³/mol. The van der Waals surface area contributed by atoms with Gasteiger partial charge in [0.1, 0.15) is 12.2 Å². The highest BCUT2D eigenvalue weighted by atomic mass is 16.6. The van der Waals surface area contributed by atoms with Crippen LogP contribution in [0.3, 0.4) is 0 Å². The molecule has 1 aliphatic heterocycles. The molecule has 1 N–H and O–H groups in total. The number of rotatable bonds is 2. The Bertz CT molecular complexity index is 747. The highest BCUT2D eigenvalue weighted by molar-refractivity contribution is 5.99. The van der Waals surface area contributed by atoms with Gasteiger partial charge in [0.2, 0.25) is 0 Å². The number of carbonyl (C=O) groups excluding carboxylic acids is 3. The van der Waals surface area contributed by atoms with Crippen LogP contribution < -0.4 is 0 Å². The Kier molecular flexibility index (Phi) is 4.43. The lowest BCUT2D eigenvalue weighted by Crippen LogP contribution is -2.49. The van der Waals surface area contributed by atoms with Crippen molar-refractivity contribution in [3.63, 3.8) is 0 Å². The number of ketones is 1. The van der Waals surface area contributed by atoms with Crippen LogP contribution in [0.25, 0.3) is 0 Å². The van der Waals surface area contributed by atoms with Gasteiger partial charge in [-0.1, -0.05) is 25.7 Å². The van der Waals surface area contributed by atoms with Crippen molar-refractivity contribution in [2.24, 2.45) is 23.2 Å². The Morgan fingerprint density at radius 1 is 1.42 bits per heavy atom. The largest absolute Gasteiger partial charge is 0.457 e. The second kappa shape index (κ2) is 6.20. The summed E-state index contributed by atoms with van der Waals surface area (Å²) in [5, 5.41) is 10.8. The summed E-state index contributed by atoms with van der Waals surface area (Å²) >= 11 is 0. The molecule has 2 fully saturated rings. The first-order valence-corrected chi connectivity index (χ1v) is 8.79. The SMILES string of the molecule is C=C1C(=O)OC2C(O)C(C)C3C=CC(=O)C3(C)C(OC(=O)/C(C)=C/C)C12. The lowest BCUT2D eigenvalue weighted by molar-refractivity contribution is -0.161. The molecule has 1 saturated carbocycles. The van der Waals surface area contributed by atoms with E-state index >= 15 is 0 Å². The van der Waals surface area contributed by atoms with Crippen LogP contribution in [0.2, 0.25) is 0 Å². The summed E-state index contributed by atoms with van der Waals surface area (Å²) in [7, 11) is 0. The Balaban J connectivity index is 2.14. The first kappa shape index (κ1) is 18.6. The van der Waals surface area contributed by atoms with Crippen LogP contribution >= 0.6 is 0 Å². The third-order valence-electron chi connectivity index (χ3n) is 6.29. The highest BCUT2D eigenvalue weighted by Gasteiger charge is 2.64. The molecule has 6 heteroatoms. The number of fused-ring (bicyclic) bond motifs is 2. The number of aliphatic hydroxyl groups is 1. The lowest BCUT2D eigenvalue weighted by Gasteiger charge is -2.39. The zero-order chi connectivity index (χ0) is 19.4. The number of ether oxygens (including phenoxy) is 2. The third kappa shape index (κ3) is 2.39. The Labute approximate surface area is 152 Å². The molecule has 0 radical (unpaired) electrons. The second-order valence-corrected chi connectivity index (χ2v) is 7.60. The van der Waals surface area contributed by atoms with E-state index in [2.05, 4.69) is 6.58 Å². The summed E-state index contributed by atoms with van der Waals surface area (Å²) in [6, 6.07) is 0. The number of aliphatic hydroxyl groups excluding tert-OH is 1. The van der Waals surface area contributed by atoms with Gasteiger partial charge >= 0.3 is 11.9 Å². The van der Waals surface area contributed by atoms with Gasteiger partial charge in [0.05, 0.1) is 17.4 Å². The van der Waals surface area contributed by atoms with E-state index in [4.69, 9.17) is 9.47 Å². The van der Waals surface area contributed by atoms with E-state index in [0.717, 1.165) is 0 Å². The third-order valence-corrected chi connectivity index (χ3v) is 6.29. The molecule has 7 atom stereocenters. The molecular weight excluding hydrogens is 336 g/mol. The topological polar surface area (TPSA) is 89.9 Å². The molecule has 1 saturated heterocycles. The summed E-state index contributed by atoms with van der Waals surface area (Å²) in [5.41, 5.74) is -0.576. The minimum atomic E-state index is -1.10. The van der Waals surface area contributed by atoms with Crippen LogP contribution in [0.5, 0.6) is 0 Å². The molecule has 7 unspecified atom stereocenters. The molecule has 0 aromatic carbocycles. The molecule has 3 aliphatic rings. The van der Waals surface area contributed by atoms with Gasteiger partial charge in [-0.05, 0) is 38.7 Å². The standard InChI is InChI=1S/C20H24O6/c1-6-9(2)18(23)26-17-14-11(4)19(24)25-16(14)15(22)10(3)12-7-8-13(21)20(12,17)5/h6-8,10,12,14-17,22H,4H2,1-3,5H3/b9-6+. The maximum absolute atomic E-state index is 12.8. The zero-order valence-electron chi connectivity index (χ0n) is 15.4. The summed E-state index contributed by atoms with van der Waals surface area (Å²) in [6.45, 7) is 10.7. The Morgan fingerprint density at radius 2 is 2.08 bits per heavy atom. The van der Waals surface area contributed by atoms with Crippen molar-refractivity contribution in [3.05, 3.63) is 36.0 Å². The van der Waals surface area contributed by atoms with Crippen molar-refractivity contribution in [2.75, 3.05) is 0 Å². The van der Waals surface area contributed by atoms with Gasteiger partial charge in [-0.15, -0.1) is 0 Å². The Hall–Kier alpha value is -2.21. The molecule has 140 valence electrons. The fourth-order valence-electron chi connectivity index (χ4n) is 4.44. The van der Waals surface area contributed by atoms with Crippen LogP contribution in [0.4, 0.5) is 0 Å². The molecule has 6 nitrogen and oxygen atoms in total. The van der Waals surface area contributed by atoms with E-state index < -0.39 is 41.6 Å². The maximum atomic E-state index is 12.8. The van der Waals surface area contributed by atoms with Gasteiger partial charge in [-0.2, -0.15) is 0 Å². The van der Waals surface area contributed by atoms with Gasteiger partial charge in [-0.25, -0.2) is 9.59 Å². The van der Waals surface area contributed by atoms with Gasteiger partial charge < -0.3 is 14.6 Å². The smallest absolute Gasteiger partial charge is 0.334 e. The Morgan fingerprint density at radius 3 is 2.69 bits per heavy atom. The molecule has 2 aliphatic carbocycles. The van der Waals surface area contributed by atoms with Crippen LogP contribution in [-0.2, 0) is 23.9 Å².